The average molecular weight is 230 g/mol. The molecule has 1 aliphatic heterocycles. The van der Waals surface area contributed by atoms with Crippen molar-refractivity contribution < 1.29 is 4.79 Å². The summed E-state index contributed by atoms with van der Waals surface area (Å²) in [6.07, 6.45) is 3.99. The Labute approximate surface area is 102 Å². The third-order valence-electron chi connectivity index (χ3n) is 3.89. The molecule has 3 heteroatoms. The first-order valence-electron chi connectivity index (χ1n) is 5.89. The molecule has 1 atom stereocenters. The number of nitrogens with zero attached hydrogens (tertiary/aromatic N) is 2. The van der Waals surface area contributed by atoms with E-state index in [2.05, 4.69) is 24.9 Å². The van der Waals surface area contributed by atoms with E-state index in [9.17, 15) is 4.79 Å². The molecule has 0 radical (unpaired) electrons. The van der Waals surface area contributed by atoms with Crippen molar-refractivity contribution in [2.45, 2.75) is 20.8 Å². The highest BCUT2D eigenvalue weighted by molar-refractivity contribution is 6.06. The second kappa shape index (κ2) is 3.54. The molecule has 0 fully saturated rings. The fraction of sp³-hybridized carbons (Fsp3) is 0.571. The van der Waals surface area contributed by atoms with Crippen molar-refractivity contribution in [1.82, 2.24) is 4.90 Å². The summed E-state index contributed by atoms with van der Waals surface area (Å²) >= 11 is 0. The predicted molar refractivity (Wildman–Crippen MR) is 66.2 cm³/mol. The molecule has 2 rings (SSSR count). The van der Waals surface area contributed by atoms with E-state index in [1.54, 1.807) is 0 Å². The maximum atomic E-state index is 12.2. The van der Waals surface area contributed by atoms with Crippen molar-refractivity contribution >= 4 is 5.78 Å². The molecule has 0 aromatic heterocycles. The molecule has 1 aliphatic carbocycles. The number of ketones is 1. The predicted octanol–water partition coefficient (Wildman–Crippen LogP) is 1.92. The van der Waals surface area contributed by atoms with E-state index in [0.29, 0.717) is 5.57 Å². The van der Waals surface area contributed by atoms with E-state index in [-0.39, 0.29) is 11.2 Å². The smallest absolute Gasteiger partial charge is 0.182 e. The van der Waals surface area contributed by atoms with Crippen LogP contribution in [-0.2, 0) is 4.79 Å². The topological polar surface area (TPSA) is 44.1 Å². The summed E-state index contributed by atoms with van der Waals surface area (Å²) < 4.78 is 0. The van der Waals surface area contributed by atoms with E-state index in [0.717, 1.165) is 18.7 Å². The number of Topliss-reactive ketones (excluding diaryl/α,β-unsaturated/α-hetero) is 1. The SMILES string of the molecule is CN1CC=C2C(C)(C)C(=O)C(C#N)=C[C@@]2(C)C1. The molecule has 17 heavy (non-hydrogen) atoms. The zero-order chi connectivity index (χ0) is 12.8. The summed E-state index contributed by atoms with van der Waals surface area (Å²) in [4.78, 5) is 14.4. The van der Waals surface area contributed by atoms with Gasteiger partial charge in [0.25, 0.3) is 0 Å². The number of nitriles is 1. The normalized spacial score (nSPS) is 32.3. The van der Waals surface area contributed by atoms with Gasteiger partial charge in [-0.3, -0.25) is 4.79 Å². The van der Waals surface area contributed by atoms with Crippen LogP contribution in [0.1, 0.15) is 20.8 Å². The molecule has 0 unspecified atom stereocenters. The van der Waals surface area contributed by atoms with Gasteiger partial charge < -0.3 is 4.90 Å². The number of fused-ring (bicyclic) bond motifs is 1. The highest BCUT2D eigenvalue weighted by Crippen LogP contribution is 2.49. The molecule has 0 saturated heterocycles. The van der Waals surface area contributed by atoms with Crippen molar-refractivity contribution in [2.24, 2.45) is 10.8 Å². The summed E-state index contributed by atoms with van der Waals surface area (Å²) in [5, 5.41) is 9.09. The maximum absolute atomic E-state index is 12.2. The maximum Gasteiger partial charge on any atom is 0.182 e. The molecule has 2 aliphatic rings. The van der Waals surface area contributed by atoms with Gasteiger partial charge in [0.2, 0.25) is 0 Å². The zero-order valence-electron chi connectivity index (χ0n) is 10.9. The Bertz CT molecular complexity index is 479. The lowest BCUT2D eigenvalue weighted by molar-refractivity contribution is -0.122. The Hall–Kier alpha value is -1.40. The van der Waals surface area contributed by atoms with Gasteiger partial charge in [-0.2, -0.15) is 5.26 Å². The number of carbonyl (C=O) groups excluding carboxylic acids is 1. The third-order valence-corrected chi connectivity index (χ3v) is 3.89. The van der Waals surface area contributed by atoms with E-state index in [1.807, 2.05) is 26.0 Å². The first kappa shape index (κ1) is 12.1. The van der Waals surface area contributed by atoms with Crippen LogP contribution in [0.2, 0.25) is 0 Å². The van der Waals surface area contributed by atoms with E-state index >= 15 is 0 Å². The van der Waals surface area contributed by atoms with Gasteiger partial charge in [-0.15, -0.1) is 0 Å². The molecule has 90 valence electrons. The molecular weight excluding hydrogens is 212 g/mol. The third kappa shape index (κ3) is 1.64. The molecule has 0 spiro atoms. The average Bonchev–Trinajstić information content (AvgIpc) is 2.23. The van der Waals surface area contributed by atoms with Crippen LogP contribution in [0.25, 0.3) is 0 Å². The second-order valence-electron chi connectivity index (χ2n) is 5.86. The fourth-order valence-corrected chi connectivity index (χ4v) is 3.21. The summed E-state index contributed by atoms with van der Waals surface area (Å²) in [6, 6.07) is 2.05. The van der Waals surface area contributed by atoms with Crippen LogP contribution in [0, 0.1) is 22.2 Å². The minimum atomic E-state index is -0.546. The molecule has 0 aromatic rings. The monoisotopic (exact) mass is 230 g/mol. The van der Waals surface area contributed by atoms with Crippen molar-refractivity contribution in [3.05, 3.63) is 23.3 Å². The molecule has 1 heterocycles. The van der Waals surface area contributed by atoms with E-state index in [1.165, 1.54) is 0 Å². The lowest BCUT2D eigenvalue weighted by Crippen LogP contribution is -2.48. The number of hydrogen-bond donors (Lipinski definition) is 0. The largest absolute Gasteiger partial charge is 0.302 e. The van der Waals surface area contributed by atoms with Crippen LogP contribution in [-0.4, -0.2) is 30.8 Å². The van der Waals surface area contributed by atoms with E-state index < -0.39 is 5.41 Å². The summed E-state index contributed by atoms with van der Waals surface area (Å²) in [7, 11) is 2.06. The lowest BCUT2D eigenvalue weighted by Gasteiger charge is -2.46. The Morgan fingerprint density at radius 2 is 2.06 bits per heavy atom. The van der Waals surface area contributed by atoms with Crippen LogP contribution >= 0.6 is 0 Å². The highest BCUT2D eigenvalue weighted by atomic mass is 16.1. The first-order valence-corrected chi connectivity index (χ1v) is 5.89. The van der Waals surface area contributed by atoms with Crippen molar-refractivity contribution in [3.8, 4) is 6.07 Å². The minimum Gasteiger partial charge on any atom is -0.302 e. The van der Waals surface area contributed by atoms with Gasteiger partial charge >= 0.3 is 0 Å². The zero-order valence-corrected chi connectivity index (χ0v) is 10.9. The Balaban J connectivity index is 2.63. The minimum absolute atomic E-state index is 0.0479. The van der Waals surface area contributed by atoms with Gasteiger partial charge in [-0.25, -0.2) is 0 Å². The van der Waals surface area contributed by atoms with Crippen LogP contribution in [0.3, 0.4) is 0 Å². The van der Waals surface area contributed by atoms with Gasteiger partial charge in [0.15, 0.2) is 5.78 Å². The van der Waals surface area contributed by atoms with Crippen molar-refractivity contribution in [3.63, 3.8) is 0 Å². The number of hydrogen-bond acceptors (Lipinski definition) is 3. The quantitative estimate of drug-likeness (QED) is 0.597. The highest BCUT2D eigenvalue weighted by Gasteiger charge is 2.48. The fourth-order valence-electron chi connectivity index (χ4n) is 3.21. The summed E-state index contributed by atoms with van der Waals surface area (Å²) in [6.45, 7) is 7.70. The number of carbonyl (C=O) groups is 1. The number of allylic oxidation sites excluding steroid dienone is 1. The van der Waals surface area contributed by atoms with Gasteiger partial charge in [-0.1, -0.05) is 19.1 Å². The van der Waals surface area contributed by atoms with Crippen molar-refractivity contribution in [2.75, 3.05) is 20.1 Å². The van der Waals surface area contributed by atoms with Gasteiger partial charge in [0, 0.05) is 18.5 Å². The molecular formula is C14H18N2O. The summed E-state index contributed by atoms with van der Waals surface area (Å²) in [5.41, 5.74) is 0.739. The first-order chi connectivity index (χ1) is 7.81. The molecule has 0 N–H and O–H groups in total. The molecule has 0 amide bonds. The number of likely N-dealkylation sites (N-methyl/N-ethyl adjacent to an activating group) is 1. The van der Waals surface area contributed by atoms with Crippen LogP contribution in [0.5, 0.6) is 0 Å². The van der Waals surface area contributed by atoms with Crippen LogP contribution < -0.4 is 0 Å². The molecule has 0 saturated carbocycles. The second-order valence-corrected chi connectivity index (χ2v) is 5.86. The lowest BCUT2D eigenvalue weighted by atomic mass is 9.60. The van der Waals surface area contributed by atoms with Crippen LogP contribution in [0.4, 0.5) is 0 Å². The van der Waals surface area contributed by atoms with Crippen molar-refractivity contribution in [1.29, 1.82) is 5.26 Å². The van der Waals surface area contributed by atoms with Gasteiger partial charge in [0.1, 0.15) is 6.07 Å². The Kier molecular flexibility index (Phi) is 2.52. The Morgan fingerprint density at radius 3 is 2.65 bits per heavy atom. The standard InChI is InChI=1S/C14H18N2O/c1-13(2)11-5-6-16(4)9-14(11,3)7-10(8-15)12(13)17/h5,7H,6,9H2,1-4H3/t14-/m0/s1. The molecule has 0 bridgehead atoms. The Morgan fingerprint density at radius 1 is 1.41 bits per heavy atom. The van der Waals surface area contributed by atoms with Crippen LogP contribution in [0.15, 0.2) is 23.3 Å². The van der Waals surface area contributed by atoms with E-state index in [4.69, 9.17) is 5.26 Å². The van der Waals surface area contributed by atoms with Gasteiger partial charge in [0.05, 0.1) is 11.0 Å². The molecule has 3 nitrogen and oxygen atoms in total. The molecule has 0 aromatic carbocycles. The number of rotatable bonds is 0. The van der Waals surface area contributed by atoms with Gasteiger partial charge in [-0.05, 0) is 26.5 Å². The summed E-state index contributed by atoms with van der Waals surface area (Å²) in [5.74, 6) is -0.0479.